The zero-order valence-corrected chi connectivity index (χ0v) is 15.6. The summed E-state index contributed by atoms with van der Waals surface area (Å²) in [5, 5.41) is 11.4. The van der Waals surface area contributed by atoms with Gasteiger partial charge in [0.1, 0.15) is 0 Å². The zero-order valence-electron chi connectivity index (χ0n) is 15.6. The standard InChI is InChI=1S/C20H41NO2.Na.H/c1-2-3-4-5-6-7-8-9-10-11-12-13-14-15-16-17-18-21-19-20(22)23;;/h21H,2-19H2,1H3,(H,22,23);;. The second-order valence-corrected chi connectivity index (χ2v) is 6.87. The van der Waals surface area contributed by atoms with Crippen molar-refractivity contribution in [2.45, 2.75) is 110 Å². The fourth-order valence-electron chi connectivity index (χ4n) is 2.99. The number of nitrogens with one attached hydrogen (secondary N) is 1. The molecule has 0 aromatic rings. The first-order valence-electron chi connectivity index (χ1n) is 10.2. The van der Waals surface area contributed by atoms with Gasteiger partial charge in [-0.05, 0) is 13.0 Å². The molecule has 140 valence electrons. The van der Waals surface area contributed by atoms with Gasteiger partial charge in [0.15, 0.2) is 0 Å². The van der Waals surface area contributed by atoms with Gasteiger partial charge in [0.2, 0.25) is 0 Å². The van der Waals surface area contributed by atoms with Crippen molar-refractivity contribution in [1.29, 1.82) is 0 Å². The first-order valence-corrected chi connectivity index (χ1v) is 10.2. The van der Waals surface area contributed by atoms with E-state index in [9.17, 15) is 4.79 Å². The normalized spacial score (nSPS) is 10.5. The molecule has 0 aliphatic carbocycles. The van der Waals surface area contributed by atoms with Crippen LogP contribution in [-0.4, -0.2) is 53.7 Å². The van der Waals surface area contributed by atoms with Crippen LogP contribution in [0.5, 0.6) is 0 Å². The van der Waals surface area contributed by atoms with Crippen LogP contribution in [-0.2, 0) is 4.79 Å². The Morgan fingerprint density at radius 3 is 1.33 bits per heavy atom. The quantitative estimate of drug-likeness (QED) is 0.246. The molecule has 24 heavy (non-hydrogen) atoms. The van der Waals surface area contributed by atoms with Crippen molar-refractivity contribution in [3.05, 3.63) is 0 Å². The summed E-state index contributed by atoms with van der Waals surface area (Å²) in [6.45, 7) is 3.21. The maximum absolute atomic E-state index is 10.3. The van der Waals surface area contributed by atoms with Gasteiger partial charge in [0.25, 0.3) is 0 Å². The van der Waals surface area contributed by atoms with Crippen LogP contribution in [0.15, 0.2) is 0 Å². The molecule has 4 heteroatoms. The average molecular weight is 352 g/mol. The molecule has 0 atom stereocenters. The minimum absolute atomic E-state index is 0. The summed E-state index contributed by atoms with van der Waals surface area (Å²) in [4.78, 5) is 10.3. The number of aliphatic carboxylic acids is 1. The molecule has 3 nitrogen and oxygen atoms in total. The zero-order chi connectivity index (χ0) is 17.0. The summed E-state index contributed by atoms with van der Waals surface area (Å²) in [6.07, 6.45) is 22.0. The van der Waals surface area contributed by atoms with E-state index in [4.69, 9.17) is 5.11 Å². The fraction of sp³-hybridized carbons (Fsp3) is 0.950. The van der Waals surface area contributed by atoms with Crippen molar-refractivity contribution in [2.24, 2.45) is 0 Å². The first-order chi connectivity index (χ1) is 11.3. The number of unbranched alkanes of at least 4 members (excludes halogenated alkanes) is 15. The Kier molecular flexibility index (Phi) is 26.0. The van der Waals surface area contributed by atoms with E-state index < -0.39 is 5.97 Å². The van der Waals surface area contributed by atoms with Gasteiger partial charge in [0, 0.05) is 0 Å². The van der Waals surface area contributed by atoms with Crippen molar-refractivity contribution < 1.29 is 9.90 Å². The van der Waals surface area contributed by atoms with Gasteiger partial charge < -0.3 is 10.4 Å². The molecule has 0 bridgehead atoms. The Bertz CT molecular complexity index is 250. The van der Waals surface area contributed by atoms with Crippen molar-refractivity contribution in [1.82, 2.24) is 5.32 Å². The second-order valence-electron chi connectivity index (χ2n) is 6.87. The molecular weight excluding hydrogens is 309 g/mol. The summed E-state index contributed by atoms with van der Waals surface area (Å²) in [5.41, 5.74) is 0. The molecule has 2 N–H and O–H groups in total. The van der Waals surface area contributed by atoms with E-state index in [2.05, 4.69) is 12.2 Å². The third-order valence-corrected chi connectivity index (χ3v) is 4.48. The van der Waals surface area contributed by atoms with E-state index in [0.29, 0.717) is 0 Å². The van der Waals surface area contributed by atoms with Gasteiger partial charge in [-0.15, -0.1) is 0 Å². The number of carbonyl (C=O) groups is 1. The van der Waals surface area contributed by atoms with Crippen LogP contribution in [0.2, 0.25) is 0 Å². The van der Waals surface area contributed by atoms with Crippen LogP contribution in [0, 0.1) is 0 Å². The molecule has 0 spiro atoms. The monoisotopic (exact) mass is 351 g/mol. The topological polar surface area (TPSA) is 49.3 Å². The van der Waals surface area contributed by atoms with E-state index in [1.54, 1.807) is 0 Å². The Morgan fingerprint density at radius 1 is 0.667 bits per heavy atom. The molecule has 0 fully saturated rings. The Balaban J connectivity index is 0. The van der Waals surface area contributed by atoms with E-state index in [-0.39, 0.29) is 36.1 Å². The SMILES string of the molecule is CCCCCCCCCCCCCCCCCCNCC(=O)O.[NaH]. The number of hydrogen-bond donors (Lipinski definition) is 2. The predicted molar refractivity (Wildman–Crippen MR) is 107 cm³/mol. The van der Waals surface area contributed by atoms with E-state index in [1.807, 2.05) is 0 Å². The number of hydrogen-bond acceptors (Lipinski definition) is 2. The van der Waals surface area contributed by atoms with E-state index in [1.165, 1.54) is 96.3 Å². The molecule has 0 aliphatic heterocycles. The van der Waals surface area contributed by atoms with Crippen molar-refractivity contribution >= 4 is 35.5 Å². The van der Waals surface area contributed by atoms with Gasteiger partial charge in [-0.1, -0.05) is 103 Å². The molecule has 0 aliphatic rings. The van der Waals surface area contributed by atoms with E-state index >= 15 is 0 Å². The molecule has 0 aromatic heterocycles. The Labute approximate surface area is 173 Å². The Morgan fingerprint density at radius 2 is 1.00 bits per heavy atom. The molecule has 0 radical (unpaired) electrons. The first kappa shape index (κ1) is 26.7. The molecule has 0 aromatic carbocycles. The summed E-state index contributed by atoms with van der Waals surface area (Å²) in [7, 11) is 0. The Hall–Kier alpha value is 0.430. The van der Waals surface area contributed by atoms with Gasteiger partial charge in [0.05, 0.1) is 6.54 Å². The summed E-state index contributed by atoms with van der Waals surface area (Å²) in [5.74, 6) is -0.763. The third kappa shape index (κ3) is 24.7. The number of rotatable bonds is 19. The molecular formula is C20H42NNaO2. The number of carboxylic acid groups (broad SMARTS) is 1. The molecule has 0 saturated heterocycles. The van der Waals surface area contributed by atoms with Crippen LogP contribution in [0.4, 0.5) is 0 Å². The third-order valence-electron chi connectivity index (χ3n) is 4.48. The van der Waals surface area contributed by atoms with Crippen LogP contribution >= 0.6 is 0 Å². The van der Waals surface area contributed by atoms with Gasteiger partial charge >= 0.3 is 35.5 Å². The minimum atomic E-state index is -0.763. The van der Waals surface area contributed by atoms with Crippen LogP contribution < -0.4 is 5.32 Å². The van der Waals surface area contributed by atoms with Crippen LogP contribution in [0.3, 0.4) is 0 Å². The van der Waals surface area contributed by atoms with Crippen molar-refractivity contribution in [3.63, 3.8) is 0 Å². The van der Waals surface area contributed by atoms with Gasteiger partial charge in [-0.2, -0.15) is 0 Å². The predicted octanol–water partition coefficient (Wildman–Crippen LogP) is 5.27. The van der Waals surface area contributed by atoms with Crippen LogP contribution in [0.1, 0.15) is 110 Å². The molecule has 0 heterocycles. The molecule has 0 rings (SSSR count). The summed E-state index contributed by atoms with van der Waals surface area (Å²) in [6, 6.07) is 0. The summed E-state index contributed by atoms with van der Waals surface area (Å²) >= 11 is 0. The number of carboxylic acids is 1. The van der Waals surface area contributed by atoms with Crippen molar-refractivity contribution in [3.8, 4) is 0 Å². The van der Waals surface area contributed by atoms with Crippen molar-refractivity contribution in [2.75, 3.05) is 13.1 Å². The fourth-order valence-corrected chi connectivity index (χ4v) is 2.99. The maximum atomic E-state index is 10.3. The van der Waals surface area contributed by atoms with E-state index in [0.717, 1.165) is 13.0 Å². The van der Waals surface area contributed by atoms with Gasteiger partial charge in [-0.3, -0.25) is 4.79 Å². The average Bonchev–Trinajstić information content (AvgIpc) is 2.53. The molecule has 0 amide bonds. The van der Waals surface area contributed by atoms with Crippen LogP contribution in [0.25, 0.3) is 0 Å². The van der Waals surface area contributed by atoms with Gasteiger partial charge in [-0.25, -0.2) is 0 Å². The molecule has 0 saturated carbocycles. The second kappa shape index (κ2) is 23.4. The summed E-state index contributed by atoms with van der Waals surface area (Å²) < 4.78 is 0. The molecule has 0 unspecified atom stereocenters.